The molecule has 1 atom stereocenters. The second kappa shape index (κ2) is 6.29. The second-order valence-corrected chi connectivity index (χ2v) is 5.21. The van der Waals surface area contributed by atoms with E-state index in [-0.39, 0.29) is 5.75 Å². The first kappa shape index (κ1) is 13.5. The van der Waals surface area contributed by atoms with Gasteiger partial charge in [0.1, 0.15) is 11.6 Å². The summed E-state index contributed by atoms with van der Waals surface area (Å²) in [6.45, 7) is 2.45. The van der Waals surface area contributed by atoms with Gasteiger partial charge >= 0.3 is 0 Å². The van der Waals surface area contributed by atoms with E-state index in [0.717, 1.165) is 0 Å². The average Bonchev–Trinajstić information content (AvgIpc) is 2.42. The lowest BCUT2D eigenvalue weighted by Gasteiger charge is -2.08. The normalized spacial score (nSPS) is 12.1. The lowest BCUT2D eigenvalue weighted by Crippen LogP contribution is -2.04. The third kappa shape index (κ3) is 3.51. The van der Waals surface area contributed by atoms with Gasteiger partial charge in [0.2, 0.25) is 0 Å². The van der Waals surface area contributed by atoms with E-state index >= 15 is 0 Å². The summed E-state index contributed by atoms with van der Waals surface area (Å²) in [7, 11) is -1.29. The van der Waals surface area contributed by atoms with E-state index < -0.39 is 10.8 Å². The molecule has 0 amide bonds. The first-order valence-electron chi connectivity index (χ1n) is 5.87. The van der Waals surface area contributed by atoms with Crippen molar-refractivity contribution in [3.05, 3.63) is 42.5 Å². The molecule has 0 bridgehead atoms. The van der Waals surface area contributed by atoms with Crippen molar-refractivity contribution in [1.82, 2.24) is 9.97 Å². The van der Waals surface area contributed by atoms with Gasteiger partial charge in [-0.1, -0.05) is 0 Å². The number of nitrogen functional groups attached to an aromatic ring is 1. The first-order chi connectivity index (χ1) is 9.20. The van der Waals surface area contributed by atoms with Crippen molar-refractivity contribution < 1.29 is 8.95 Å². The Bertz CT molecular complexity index is 575. The zero-order chi connectivity index (χ0) is 13.7. The highest BCUT2D eigenvalue weighted by Crippen LogP contribution is 2.24. The largest absolute Gasteiger partial charge is 0.494 e. The van der Waals surface area contributed by atoms with E-state index in [4.69, 9.17) is 10.5 Å². The Hall–Kier alpha value is -1.95. The Morgan fingerprint density at radius 2 is 2.05 bits per heavy atom. The van der Waals surface area contributed by atoms with Gasteiger partial charge in [-0.2, -0.15) is 0 Å². The van der Waals surface area contributed by atoms with Crippen LogP contribution in [0.25, 0.3) is 0 Å². The van der Waals surface area contributed by atoms with Crippen LogP contribution in [0.3, 0.4) is 0 Å². The minimum absolute atomic E-state index is 0.237. The van der Waals surface area contributed by atoms with Crippen molar-refractivity contribution in [3.8, 4) is 5.75 Å². The molecular formula is C13H15N3O2S. The predicted octanol–water partition coefficient (Wildman–Crippen LogP) is 1.77. The molecule has 0 aliphatic carbocycles. The summed E-state index contributed by atoms with van der Waals surface area (Å²) >= 11 is 0. The molecule has 2 N–H and O–H groups in total. The number of ether oxygens (including phenoxy) is 1. The second-order valence-electron chi connectivity index (χ2n) is 3.79. The number of aromatic nitrogens is 2. The van der Waals surface area contributed by atoms with Crippen LogP contribution in [0.4, 0.5) is 5.69 Å². The van der Waals surface area contributed by atoms with E-state index in [1.54, 1.807) is 36.7 Å². The molecule has 0 saturated heterocycles. The molecule has 1 heterocycles. The van der Waals surface area contributed by atoms with E-state index in [1.165, 1.54) is 0 Å². The van der Waals surface area contributed by atoms with Crippen molar-refractivity contribution in [2.45, 2.75) is 17.6 Å². The fraction of sp³-hybridized carbons (Fsp3) is 0.231. The van der Waals surface area contributed by atoms with Gasteiger partial charge in [-0.25, -0.2) is 9.97 Å². The summed E-state index contributed by atoms with van der Waals surface area (Å²) in [5.41, 5.74) is 6.33. The van der Waals surface area contributed by atoms with E-state index in [9.17, 15) is 4.21 Å². The van der Waals surface area contributed by atoms with Gasteiger partial charge in [-0.15, -0.1) is 0 Å². The highest BCUT2D eigenvalue weighted by atomic mass is 32.2. The number of benzene rings is 1. The lowest BCUT2D eigenvalue weighted by atomic mass is 10.3. The summed E-state index contributed by atoms with van der Waals surface area (Å²) in [4.78, 5) is 8.67. The van der Waals surface area contributed by atoms with Crippen LogP contribution in [-0.4, -0.2) is 20.8 Å². The van der Waals surface area contributed by atoms with Gasteiger partial charge in [0.15, 0.2) is 0 Å². The molecule has 0 radical (unpaired) electrons. The van der Waals surface area contributed by atoms with Gasteiger partial charge in [0, 0.05) is 18.1 Å². The number of rotatable bonds is 5. The zero-order valence-corrected chi connectivity index (χ0v) is 11.4. The zero-order valence-electron chi connectivity index (χ0n) is 10.6. The minimum atomic E-state index is -1.29. The van der Waals surface area contributed by atoms with E-state index in [2.05, 4.69) is 9.97 Å². The van der Waals surface area contributed by atoms with Crippen LogP contribution in [0.15, 0.2) is 41.6 Å². The van der Waals surface area contributed by atoms with Gasteiger partial charge in [0.05, 0.1) is 28.1 Å². The minimum Gasteiger partial charge on any atom is -0.494 e. The fourth-order valence-electron chi connectivity index (χ4n) is 1.57. The maximum Gasteiger partial charge on any atom is 0.141 e. The number of hydrogen-bond acceptors (Lipinski definition) is 5. The molecule has 1 unspecified atom stereocenters. The van der Waals surface area contributed by atoms with Crippen molar-refractivity contribution in [1.29, 1.82) is 0 Å². The van der Waals surface area contributed by atoms with E-state index in [0.29, 0.717) is 28.8 Å². The Kier molecular flexibility index (Phi) is 4.46. The molecule has 2 rings (SSSR count). The first-order valence-corrected chi connectivity index (χ1v) is 7.19. The molecule has 1 aromatic heterocycles. The average molecular weight is 277 g/mol. The van der Waals surface area contributed by atoms with Crippen molar-refractivity contribution in [3.63, 3.8) is 0 Å². The molecule has 0 aliphatic heterocycles. The number of anilines is 1. The molecule has 0 aliphatic rings. The van der Waals surface area contributed by atoms with Crippen molar-refractivity contribution >= 4 is 16.5 Å². The highest BCUT2D eigenvalue weighted by molar-refractivity contribution is 7.84. The summed E-state index contributed by atoms with van der Waals surface area (Å²) in [6.07, 6.45) is 3.25. The topological polar surface area (TPSA) is 78.1 Å². The molecule has 0 fully saturated rings. The van der Waals surface area contributed by atoms with Crippen LogP contribution >= 0.6 is 0 Å². The van der Waals surface area contributed by atoms with Crippen LogP contribution < -0.4 is 10.5 Å². The van der Waals surface area contributed by atoms with Crippen molar-refractivity contribution in [2.75, 3.05) is 12.3 Å². The number of nitrogens with zero attached hydrogens (tertiary/aromatic N) is 2. The standard InChI is InChI=1S/C13H15N3O2S/c1-2-18-10-4-5-11(14)12(8-10)19(17)9-13-15-6-3-7-16-13/h3-8H,2,9,14H2,1H3. The predicted molar refractivity (Wildman–Crippen MR) is 74.2 cm³/mol. The third-order valence-corrected chi connectivity index (χ3v) is 3.79. The quantitative estimate of drug-likeness (QED) is 0.843. The number of nitrogens with two attached hydrogens (primary N) is 1. The lowest BCUT2D eigenvalue weighted by molar-refractivity contribution is 0.339. The molecule has 0 spiro atoms. The molecule has 19 heavy (non-hydrogen) atoms. The van der Waals surface area contributed by atoms with Gasteiger partial charge in [-0.3, -0.25) is 4.21 Å². The van der Waals surface area contributed by atoms with Crippen LogP contribution in [0.5, 0.6) is 5.75 Å². The molecule has 100 valence electrons. The molecule has 1 aromatic carbocycles. The van der Waals surface area contributed by atoms with Crippen LogP contribution in [0.1, 0.15) is 12.7 Å². The van der Waals surface area contributed by atoms with Gasteiger partial charge in [0.25, 0.3) is 0 Å². The smallest absolute Gasteiger partial charge is 0.141 e. The SMILES string of the molecule is CCOc1ccc(N)c(S(=O)Cc2ncccn2)c1. The summed E-state index contributed by atoms with van der Waals surface area (Å²) < 4.78 is 17.7. The molecule has 2 aromatic rings. The Labute approximate surface area is 114 Å². The van der Waals surface area contributed by atoms with Crippen LogP contribution in [0, 0.1) is 0 Å². The Balaban J connectivity index is 2.21. The van der Waals surface area contributed by atoms with Crippen LogP contribution in [-0.2, 0) is 16.6 Å². The van der Waals surface area contributed by atoms with Crippen LogP contribution in [0.2, 0.25) is 0 Å². The third-order valence-electron chi connectivity index (χ3n) is 2.42. The maximum atomic E-state index is 12.3. The monoisotopic (exact) mass is 277 g/mol. The number of hydrogen-bond donors (Lipinski definition) is 1. The van der Waals surface area contributed by atoms with Gasteiger partial charge < -0.3 is 10.5 Å². The molecule has 0 saturated carbocycles. The molecule has 5 nitrogen and oxygen atoms in total. The summed E-state index contributed by atoms with van der Waals surface area (Å²) in [5, 5.41) is 0. The van der Waals surface area contributed by atoms with Gasteiger partial charge in [-0.05, 0) is 31.2 Å². The maximum absolute atomic E-state index is 12.3. The molecular weight excluding hydrogens is 262 g/mol. The molecule has 6 heteroatoms. The fourth-order valence-corrected chi connectivity index (χ4v) is 2.69. The Morgan fingerprint density at radius 1 is 1.32 bits per heavy atom. The van der Waals surface area contributed by atoms with Crippen molar-refractivity contribution in [2.24, 2.45) is 0 Å². The van der Waals surface area contributed by atoms with E-state index in [1.807, 2.05) is 6.92 Å². The highest BCUT2D eigenvalue weighted by Gasteiger charge is 2.11. The summed E-state index contributed by atoms with van der Waals surface area (Å²) in [6, 6.07) is 6.89. The Morgan fingerprint density at radius 3 is 2.74 bits per heavy atom. The summed E-state index contributed by atoms with van der Waals surface area (Å²) in [5.74, 6) is 1.43.